The molecule has 27 heavy (non-hydrogen) atoms. The molecule has 1 N–H and O–H groups in total. The van der Waals surface area contributed by atoms with Crippen LogP contribution in [0.1, 0.15) is 18.5 Å². The van der Waals surface area contributed by atoms with Gasteiger partial charge in [0.25, 0.3) is 0 Å². The molecule has 1 atom stereocenters. The molecular weight excluding hydrogens is 334 g/mol. The van der Waals surface area contributed by atoms with Gasteiger partial charge in [0, 0.05) is 17.0 Å². The number of fused-ring (bicyclic) bond motifs is 1. The second-order valence-electron chi connectivity index (χ2n) is 6.42. The average molecular weight is 355 g/mol. The number of ether oxygens (including phenoxy) is 1. The Morgan fingerprint density at radius 3 is 2.26 bits per heavy atom. The van der Waals surface area contributed by atoms with Crippen LogP contribution in [-0.2, 0) is 0 Å². The second-order valence-corrected chi connectivity index (χ2v) is 6.42. The summed E-state index contributed by atoms with van der Waals surface area (Å²) in [5, 5.41) is 4.57. The normalized spacial score (nSPS) is 11.9. The Morgan fingerprint density at radius 2 is 1.52 bits per heavy atom. The monoisotopic (exact) mass is 355 g/mol. The van der Waals surface area contributed by atoms with Gasteiger partial charge in [-0.15, -0.1) is 0 Å². The highest BCUT2D eigenvalue weighted by molar-refractivity contribution is 5.90. The van der Waals surface area contributed by atoms with Gasteiger partial charge in [-0.2, -0.15) is 0 Å². The molecule has 134 valence electrons. The largest absolute Gasteiger partial charge is 0.497 e. The number of anilines is 1. The fourth-order valence-corrected chi connectivity index (χ4v) is 3.09. The molecule has 0 saturated heterocycles. The van der Waals surface area contributed by atoms with E-state index in [9.17, 15) is 0 Å². The number of benzene rings is 3. The number of hydrogen-bond donors (Lipinski definition) is 1. The van der Waals surface area contributed by atoms with Gasteiger partial charge in [-0.3, -0.25) is 0 Å². The molecule has 0 aliphatic heterocycles. The number of nitrogens with one attached hydrogen (secondary N) is 1. The van der Waals surface area contributed by atoms with Gasteiger partial charge in [0.15, 0.2) is 5.82 Å². The lowest BCUT2D eigenvalue weighted by Crippen LogP contribution is -2.09. The predicted molar refractivity (Wildman–Crippen MR) is 110 cm³/mol. The summed E-state index contributed by atoms with van der Waals surface area (Å²) in [6.45, 7) is 2.14. The van der Waals surface area contributed by atoms with Crippen LogP contribution >= 0.6 is 0 Å². The molecule has 0 fully saturated rings. The number of para-hydroxylation sites is 1. The van der Waals surface area contributed by atoms with Crippen molar-refractivity contribution in [2.75, 3.05) is 12.4 Å². The van der Waals surface area contributed by atoms with Crippen LogP contribution in [-0.4, -0.2) is 17.1 Å². The maximum Gasteiger partial charge on any atom is 0.162 e. The van der Waals surface area contributed by atoms with Crippen LogP contribution < -0.4 is 10.1 Å². The lowest BCUT2D eigenvalue weighted by atomic mass is 10.1. The summed E-state index contributed by atoms with van der Waals surface area (Å²) < 4.78 is 5.25. The number of nitrogens with zero attached hydrogens (tertiary/aromatic N) is 2. The first kappa shape index (κ1) is 17.0. The van der Waals surface area contributed by atoms with E-state index in [2.05, 4.69) is 24.4 Å². The smallest absolute Gasteiger partial charge is 0.162 e. The Balaban J connectivity index is 1.76. The topological polar surface area (TPSA) is 47.0 Å². The van der Waals surface area contributed by atoms with Gasteiger partial charge in [-0.25, -0.2) is 9.97 Å². The van der Waals surface area contributed by atoms with E-state index >= 15 is 0 Å². The van der Waals surface area contributed by atoms with E-state index < -0.39 is 0 Å². The average Bonchev–Trinajstić information content (AvgIpc) is 2.74. The predicted octanol–water partition coefficient (Wildman–Crippen LogP) is 5.48. The molecule has 4 rings (SSSR count). The van der Waals surface area contributed by atoms with Crippen molar-refractivity contribution in [2.45, 2.75) is 13.0 Å². The van der Waals surface area contributed by atoms with E-state index in [1.165, 1.54) is 5.56 Å². The van der Waals surface area contributed by atoms with Crippen molar-refractivity contribution in [3.05, 3.63) is 84.4 Å². The Morgan fingerprint density at radius 1 is 0.815 bits per heavy atom. The summed E-state index contributed by atoms with van der Waals surface area (Å²) in [6, 6.07) is 26.4. The first-order chi connectivity index (χ1) is 13.2. The highest BCUT2D eigenvalue weighted by Crippen LogP contribution is 2.28. The molecule has 0 unspecified atom stereocenters. The maximum atomic E-state index is 5.25. The lowest BCUT2D eigenvalue weighted by molar-refractivity contribution is 0.415. The SMILES string of the molecule is COc1ccc(-c2nc(N[C@H](C)c3ccccc3)c3ccccc3n2)cc1. The molecule has 0 aliphatic carbocycles. The molecule has 1 aromatic heterocycles. The van der Waals surface area contributed by atoms with E-state index in [1.54, 1.807) is 7.11 Å². The third-order valence-corrected chi connectivity index (χ3v) is 4.60. The third-order valence-electron chi connectivity index (χ3n) is 4.60. The zero-order valence-electron chi connectivity index (χ0n) is 15.4. The van der Waals surface area contributed by atoms with Crippen LogP contribution in [0.5, 0.6) is 5.75 Å². The standard InChI is InChI=1S/C23H21N3O/c1-16(17-8-4-3-5-9-17)24-23-20-10-6-7-11-21(20)25-22(26-23)18-12-14-19(27-2)15-13-18/h3-16H,1-2H3,(H,24,25,26)/t16-/m1/s1. The number of aromatic nitrogens is 2. The molecule has 0 saturated carbocycles. The zero-order valence-corrected chi connectivity index (χ0v) is 15.4. The minimum Gasteiger partial charge on any atom is -0.497 e. The Hall–Kier alpha value is -3.40. The van der Waals surface area contributed by atoms with Gasteiger partial charge >= 0.3 is 0 Å². The molecule has 3 aromatic carbocycles. The van der Waals surface area contributed by atoms with Gasteiger partial charge in [-0.05, 0) is 48.9 Å². The molecule has 0 spiro atoms. The summed E-state index contributed by atoms with van der Waals surface area (Å²) in [4.78, 5) is 9.58. The van der Waals surface area contributed by atoms with Crippen molar-refractivity contribution in [3.8, 4) is 17.1 Å². The maximum absolute atomic E-state index is 5.25. The van der Waals surface area contributed by atoms with Crippen molar-refractivity contribution in [1.29, 1.82) is 0 Å². The molecule has 0 aliphatic rings. The fourth-order valence-electron chi connectivity index (χ4n) is 3.09. The van der Waals surface area contributed by atoms with Crippen molar-refractivity contribution >= 4 is 16.7 Å². The Kier molecular flexibility index (Phi) is 4.71. The van der Waals surface area contributed by atoms with E-state index in [0.29, 0.717) is 5.82 Å². The van der Waals surface area contributed by atoms with Crippen molar-refractivity contribution < 1.29 is 4.74 Å². The van der Waals surface area contributed by atoms with Crippen LogP contribution in [0.4, 0.5) is 5.82 Å². The van der Waals surface area contributed by atoms with Crippen LogP contribution in [0.2, 0.25) is 0 Å². The first-order valence-corrected chi connectivity index (χ1v) is 8.97. The van der Waals surface area contributed by atoms with Gasteiger partial charge in [0.2, 0.25) is 0 Å². The number of hydrogen-bond acceptors (Lipinski definition) is 4. The van der Waals surface area contributed by atoms with Gasteiger partial charge in [0.05, 0.1) is 12.6 Å². The van der Waals surface area contributed by atoms with Gasteiger partial charge in [-0.1, -0.05) is 42.5 Å². The summed E-state index contributed by atoms with van der Waals surface area (Å²) >= 11 is 0. The quantitative estimate of drug-likeness (QED) is 0.515. The van der Waals surface area contributed by atoms with E-state index in [1.807, 2.05) is 66.7 Å². The molecule has 0 bridgehead atoms. The molecule has 0 amide bonds. The van der Waals surface area contributed by atoms with Crippen molar-refractivity contribution in [3.63, 3.8) is 0 Å². The summed E-state index contributed by atoms with van der Waals surface area (Å²) in [7, 11) is 1.66. The van der Waals surface area contributed by atoms with Gasteiger partial charge < -0.3 is 10.1 Å². The summed E-state index contributed by atoms with van der Waals surface area (Å²) in [5.74, 6) is 2.34. The third kappa shape index (κ3) is 3.60. The van der Waals surface area contributed by atoms with Gasteiger partial charge in [0.1, 0.15) is 11.6 Å². The fraction of sp³-hybridized carbons (Fsp3) is 0.130. The van der Waals surface area contributed by atoms with E-state index in [-0.39, 0.29) is 6.04 Å². The zero-order chi connectivity index (χ0) is 18.6. The van der Waals surface area contributed by atoms with Crippen LogP contribution in [0, 0.1) is 0 Å². The van der Waals surface area contributed by atoms with Crippen molar-refractivity contribution in [2.24, 2.45) is 0 Å². The first-order valence-electron chi connectivity index (χ1n) is 8.97. The Bertz CT molecular complexity index is 1050. The molecule has 4 nitrogen and oxygen atoms in total. The molecule has 4 aromatic rings. The molecule has 4 heteroatoms. The molecule has 0 radical (unpaired) electrons. The summed E-state index contributed by atoms with van der Waals surface area (Å²) in [5.41, 5.74) is 3.09. The van der Waals surface area contributed by atoms with Crippen LogP contribution in [0.25, 0.3) is 22.3 Å². The van der Waals surface area contributed by atoms with E-state index in [4.69, 9.17) is 14.7 Å². The van der Waals surface area contributed by atoms with Crippen LogP contribution in [0.15, 0.2) is 78.9 Å². The highest BCUT2D eigenvalue weighted by Gasteiger charge is 2.12. The lowest BCUT2D eigenvalue weighted by Gasteiger charge is -2.17. The van der Waals surface area contributed by atoms with Crippen LogP contribution in [0.3, 0.4) is 0 Å². The molecular formula is C23H21N3O. The molecule has 1 heterocycles. The van der Waals surface area contributed by atoms with E-state index in [0.717, 1.165) is 28.0 Å². The summed E-state index contributed by atoms with van der Waals surface area (Å²) in [6.07, 6.45) is 0. The van der Waals surface area contributed by atoms with Crippen molar-refractivity contribution in [1.82, 2.24) is 9.97 Å². The highest BCUT2D eigenvalue weighted by atomic mass is 16.5. The second kappa shape index (κ2) is 7.46. The Labute approximate surface area is 158 Å². The number of methoxy groups -OCH3 is 1. The number of rotatable bonds is 5. The minimum atomic E-state index is 0.133. The minimum absolute atomic E-state index is 0.133.